The number of allylic oxidation sites excluding steroid dienone is 1. The molecular formula is C19H24N4O3. The second-order valence-electron chi connectivity index (χ2n) is 6.18. The fourth-order valence-electron chi connectivity index (χ4n) is 3.13. The van der Waals surface area contributed by atoms with Gasteiger partial charge in [0.1, 0.15) is 18.1 Å². The largest absolute Gasteiger partial charge is 0.496 e. The number of nitrogens with one attached hydrogen (secondary N) is 1. The molecule has 0 unspecified atom stereocenters. The molecular weight excluding hydrogens is 332 g/mol. The SMILES string of the molecule is CCCCCOC(=O)C1=C(C)Nc2ncnn2[C@H]1c1ccccc1OC. The molecule has 1 aromatic carbocycles. The fourth-order valence-corrected chi connectivity index (χ4v) is 3.13. The predicted octanol–water partition coefficient (Wildman–Crippen LogP) is 3.31. The van der Waals surface area contributed by atoms with Crippen LogP contribution in [-0.4, -0.2) is 34.5 Å². The van der Waals surface area contributed by atoms with Crippen molar-refractivity contribution in [2.24, 2.45) is 0 Å². The van der Waals surface area contributed by atoms with Gasteiger partial charge in [0.25, 0.3) is 0 Å². The van der Waals surface area contributed by atoms with E-state index in [1.165, 1.54) is 6.33 Å². The lowest BCUT2D eigenvalue weighted by atomic mass is 9.95. The number of hydrogen-bond acceptors (Lipinski definition) is 6. The number of carbonyl (C=O) groups excluding carboxylic acids is 1. The lowest BCUT2D eigenvalue weighted by molar-refractivity contribution is -0.139. The third kappa shape index (κ3) is 3.42. The molecule has 26 heavy (non-hydrogen) atoms. The van der Waals surface area contributed by atoms with Gasteiger partial charge < -0.3 is 14.8 Å². The van der Waals surface area contributed by atoms with Crippen molar-refractivity contribution in [3.63, 3.8) is 0 Å². The first-order chi connectivity index (χ1) is 12.7. The topological polar surface area (TPSA) is 78.3 Å². The van der Waals surface area contributed by atoms with Crippen LogP contribution in [0.1, 0.15) is 44.7 Å². The first kappa shape index (κ1) is 18.0. The number of ether oxygens (including phenoxy) is 2. The number of esters is 1. The van der Waals surface area contributed by atoms with Crippen LogP contribution in [0.15, 0.2) is 41.9 Å². The fraction of sp³-hybridized carbons (Fsp3) is 0.421. The van der Waals surface area contributed by atoms with Gasteiger partial charge in [-0.3, -0.25) is 0 Å². The number of unbranched alkanes of at least 4 members (excludes halogenated alkanes) is 2. The van der Waals surface area contributed by atoms with Crippen LogP contribution in [0.5, 0.6) is 5.75 Å². The predicted molar refractivity (Wildman–Crippen MR) is 98.0 cm³/mol. The molecule has 2 heterocycles. The van der Waals surface area contributed by atoms with Gasteiger partial charge in [0.2, 0.25) is 5.95 Å². The van der Waals surface area contributed by atoms with Crippen molar-refractivity contribution in [1.29, 1.82) is 0 Å². The molecule has 2 aromatic rings. The first-order valence-corrected chi connectivity index (χ1v) is 8.84. The Bertz CT molecular complexity index is 813. The van der Waals surface area contributed by atoms with Gasteiger partial charge >= 0.3 is 5.97 Å². The quantitative estimate of drug-likeness (QED) is 0.606. The number of hydrogen-bond donors (Lipinski definition) is 1. The van der Waals surface area contributed by atoms with Crippen molar-refractivity contribution in [2.45, 2.75) is 39.2 Å². The third-order valence-electron chi connectivity index (χ3n) is 4.43. The number of rotatable bonds is 7. The minimum Gasteiger partial charge on any atom is -0.496 e. The summed E-state index contributed by atoms with van der Waals surface area (Å²) in [6, 6.07) is 7.15. The summed E-state index contributed by atoms with van der Waals surface area (Å²) in [5.41, 5.74) is 2.06. The molecule has 3 rings (SSSR count). The number of anilines is 1. The molecule has 0 radical (unpaired) electrons. The molecule has 0 bridgehead atoms. The summed E-state index contributed by atoms with van der Waals surface area (Å²) in [4.78, 5) is 17.1. The highest BCUT2D eigenvalue weighted by Crippen LogP contribution is 2.38. The van der Waals surface area contributed by atoms with Crippen LogP contribution >= 0.6 is 0 Å². The van der Waals surface area contributed by atoms with Gasteiger partial charge in [-0.2, -0.15) is 10.1 Å². The van der Waals surface area contributed by atoms with E-state index in [1.807, 2.05) is 31.2 Å². The van der Waals surface area contributed by atoms with E-state index in [4.69, 9.17) is 9.47 Å². The minimum absolute atomic E-state index is 0.344. The Morgan fingerprint density at radius 3 is 2.88 bits per heavy atom. The molecule has 1 aromatic heterocycles. The Morgan fingerprint density at radius 2 is 2.12 bits per heavy atom. The molecule has 0 spiro atoms. The minimum atomic E-state index is -0.455. The van der Waals surface area contributed by atoms with Crippen LogP contribution in [0.3, 0.4) is 0 Å². The molecule has 138 valence electrons. The van der Waals surface area contributed by atoms with Crippen molar-refractivity contribution in [2.75, 3.05) is 19.0 Å². The lowest BCUT2D eigenvalue weighted by Crippen LogP contribution is -2.30. The molecule has 1 aliphatic rings. The molecule has 1 atom stereocenters. The maximum Gasteiger partial charge on any atom is 0.338 e. The van der Waals surface area contributed by atoms with Crippen LogP contribution in [0.4, 0.5) is 5.95 Å². The summed E-state index contributed by atoms with van der Waals surface area (Å²) in [5.74, 6) is 0.925. The van der Waals surface area contributed by atoms with Crippen molar-refractivity contribution in [3.05, 3.63) is 47.4 Å². The summed E-state index contributed by atoms with van der Waals surface area (Å²) >= 11 is 0. The average molecular weight is 356 g/mol. The first-order valence-electron chi connectivity index (χ1n) is 8.84. The number of methoxy groups -OCH3 is 1. The average Bonchev–Trinajstić information content (AvgIpc) is 3.11. The zero-order valence-electron chi connectivity index (χ0n) is 15.4. The highest BCUT2D eigenvalue weighted by Gasteiger charge is 2.35. The standard InChI is InChI=1S/C19H24N4O3/c1-4-5-8-11-26-18(24)16-13(2)22-19-20-12-21-23(19)17(16)14-9-6-7-10-15(14)25-3/h6-7,9-10,12,17H,4-5,8,11H2,1-3H3,(H,20,21,22)/t17-/m0/s1. The van der Waals surface area contributed by atoms with Crippen LogP contribution in [-0.2, 0) is 9.53 Å². The molecule has 0 aliphatic carbocycles. The van der Waals surface area contributed by atoms with Gasteiger partial charge in [-0.15, -0.1) is 0 Å². The van der Waals surface area contributed by atoms with Crippen LogP contribution in [0.25, 0.3) is 0 Å². The molecule has 0 saturated heterocycles. The van der Waals surface area contributed by atoms with Crippen molar-refractivity contribution in [3.8, 4) is 5.75 Å². The van der Waals surface area contributed by atoms with Gasteiger partial charge in [0.15, 0.2) is 0 Å². The van der Waals surface area contributed by atoms with E-state index < -0.39 is 6.04 Å². The van der Waals surface area contributed by atoms with E-state index in [0.29, 0.717) is 29.6 Å². The van der Waals surface area contributed by atoms with Crippen LogP contribution in [0.2, 0.25) is 0 Å². The zero-order chi connectivity index (χ0) is 18.5. The van der Waals surface area contributed by atoms with Gasteiger partial charge in [-0.25, -0.2) is 9.48 Å². The highest BCUT2D eigenvalue weighted by molar-refractivity contribution is 5.92. The van der Waals surface area contributed by atoms with E-state index in [-0.39, 0.29) is 5.97 Å². The maximum atomic E-state index is 12.9. The van der Waals surface area contributed by atoms with Crippen molar-refractivity contribution in [1.82, 2.24) is 14.8 Å². The summed E-state index contributed by atoms with van der Waals surface area (Å²) in [6.45, 7) is 4.37. The van der Waals surface area contributed by atoms with Gasteiger partial charge in [-0.1, -0.05) is 38.0 Å². The molecule has 1 N–H and O–H groups in total. The number of aromatic nitrogens is 3. The third-order valence-corrected chi connectivity index (χ3v) is 4.43. The van der Waals surface area contributed by atoms with E-state index in [9.17, 15) is 4.79 Å². The lowest BCUT2D eigenvalue weighted by Gasteiger charge is -2.29. The number of fused-ring (bicyclic) bond motifs is 1. The van der Waals surface area contributed by atoms with Gasteiger partial charge in [-0.05, 0) is 19.4 Å². The van der Waals surface area contributed by atoms with E-state index >= 15 is 0 Å². The van der Waals surface area contributed by atoms with Crippen molar-refractivity contribution < 1.29 is 14.3 Å². The van der Waals surface area contributed by atoms with E-state index in [0.717, 1.165) is 24.8 Å². The van der Waals surface area contributed by atoms with Crippen LogP contribution < -0.4 is 10.1 Å². The molecule has 0 amide bonds. The molecule has 1 aliphatic heterocycles. The summed E-state index contributed by atoms with van der Waals surface area (Å²) < 4.78 is 12.7. The number of nitrogens with zero attached hydrogens (tertiary/aromatic N) is 3. The van der Waals surface area contributed by atoms with E-state index in [1.54, 1.807) is 11.8 Å². The summed E-state index contributed by atoms with van der Waals surface area (Å²) in [6.07, 6.45) is 4.43. The normalized spacial score (nSPS) is 16.0. The van der Waals surface area contributed by atoms with Gasteiger partial charge in [0, 0.05) is 11.3 Å². The molecule has 7 heteroatoms. The zero-order valence-corrected chi connectivity index (χ0v) is 15.4. The molecule has 0 fully saturated rings. The Morgan fingerprint density at radius 1 is 1.31 bits per heavy atom. The second kappa shape index (κ2) is 8.03. The Hall–Kier alpha value is -2.83. The number of benzene rings is 1. The molecule has 7 nitrogen and oxygen atoms in total. The molecule has 0 saturated carbocycles. The second-order valence-corrected chi connectivity index (χ2v) is 6.18. The summed E-state index contributed by atoms with van der Waals surface area (Å²) in [7, 11) is 1.61. The highest BCUT2D eigenvalue weighted by atomic mass is 16.5. The summed E-state index contributed by atoms with van der Waals surface area (Å²) in [5, 5.41) is 7.45. The number of carbonyl (C=O) groups is 1. The Kier molecular flexibility index (Phi) is 5.55. The monoisotopic (exact) mass is 356 g/mol. The van der Waals surface area contributed by atoms with E-state index in [2.05, 4.69) is 22.3 Å². The smallest absolute Gasteiger partial charge is 0.338 e. The Balaban J connectivity index is 1.98. The van der Waals surface area contributed by atoms with Gasteiger partial charge in [0.05, 0.1) is 19.3 Å². The number of para-hydroxylation sites is 1. The Labute approximate surface area is 153 Å². The van der Waals surface area contributed by atoms with Crippen molar-refractivity contribution >= 4 is 11.9 Å². The maximum absolute atomic E-state index is 12.9. The van der Waals surface area contributed by atoms with Crippen LogP contribution in [0, 0.1) is 0 Å².